The van der Waals surface area contributed by atoms with Gasteiger partial charge in [0.15, 0.2) is 5.82 Å². The van der Waals surface area contributed by atoms with E-state index in [-0.39, 0.29) is 17.2 Å². The highest BCUT2D eigenvalue weighted by atomic mass is 19.1. The highest BCUT2D eigenvalue weighted by molar-refractivity contribution is 5.95. The Bertz CT molecular complexity index is 506. The Morgan fingerprint density at radius 2 is 2.25 bits per heavy atom. The Labute approximate surface area is 116 Å². The van der Waals surface area contributed by atoms with Crippen molar-refractivity contribution in [1.82, 2.24) is 4.90 Å². The number of carbonyl (C=O) groups is 1. The third-order valence-corrected chi connectivity index (χ3v) is 3.50. The second-order valence-corrected chi connectivity index (χ2v) is 5.07. The Balaban J connectivity index is 2.19. The van der Waals surface area contributed by atoms with E-state index >= 15 is 0 Å². The molecule has 1 amide bonds. The first-order valence-corrected chi connectivity index (χ1v) is 6.55. The van der Waals surface area contributed by atoms with Crippen LogP contribution >= 0.6 is 0 Å². The molecular formula is C14H18F2N2O2. The van der Waals surface area contributed by atoms with E-state index in [0.717, 1.165) is 25.0 Å². The van der Waals surface area contributed by atoms with Crippen LogP contribution in [0.15, 0.2) is 12.1 Å². The molecule has 0 radical (unpaired) electrons. The van der Waals surface area contributed by atoms with Crippen molar-refractivity contribution < 1.29 is 18.3 Å². The van der Waals surface area contributed by atoms with Crippen molar-refractivity contribution >= 4 is 11.6 Å². The van der Waals surface area contributed by atoms with Crippen LogP contribution in [-0.2, 0) is 4.74 Å². The van der Waals surface area contributed by atoms with Gasteiger partial charge in [-0.2, -0.15) is 0 Å². The number of anilines is 1. The summed E-state index contributed by atoms with van der Waals surface area (Å²) in [7, 11) is 1.60. The molecule has 110 valence electrons. The molecule has 20 heavy (non-hydrogen) atoms. The average molecular weight is 284 g/mol. The molecule has 1 unspecified atom stereocenters. The first-order valence-electron chi connectivity index (χ1n) is 6.55. The van der Waals surface area contributed by atoms with Gasteiger partial charge in [0, 0.05) is 20.2 Å². The Hall–Kier alpha value is -1.69. The topological polar surface area (TPSA) is 55.6 Å². The lowest BCUT2D eigenvalue weighted by atomic mass is 9.98. The van der Waals surface area contributed by atoms with Gasteiger partial charge in [0.25, 0.3) is 5.91 Å². The number of rotatable bonds is 3. The van der Waals surface area contributed by atoms with Crippen LogP contribution in [0.3, 0.4) is 0 Å². The highest BCUT2D eigenvalue weighted by Gasteiger charge is 2.27. The minimum absolute atomic E-state index is 0.228. The van der Waals surface area contributed by atoms with Crippen LogP contribution in [0.5, 0.6) is 0 Å². The van der Waals surface area contributed by atoms with E-state index in [1.54, 1.807) is 7.11 Å². The van der Waals surface area contributed by atoms with Gasteiger partial charge < -0.3 is 15.4 Å². The van der Waals surface area contributed by atoms with Crippen molar-refractivity contribution in [3.63, 3.8) is 0 Å². The molecule has 1 aliphatic rings. The normalized spacial score (nSPS) is 19.1. The van der Waals surface area contributed by atoms with Crippen molar-refractivity contribution in [3.05, 3.63) is 29.3 Å². The van der Waals surface area contributed by atoms with Gasteiger partial charge in [-0.15, -0.1) is 0 Å². The number of hydrogen-bond donors (Lipinski definition) is 1. The molecular weight excluding hydrogens is 266 g/mol. The van der Waals surface area contributed by atoms with Crippen LogP contribution < -0.4 is 5.73 Å². The predicted octanol–water partition coefficient (Wildman–Crippen LogP) is 2.05. The van der Waals surface area contributed by atoms with Gasteiger partial charge in [-0.25, -0.2) is 8.78 Å². The number of likely N-dealkylation sites (tertiary alicyclic amines) is 1. The van der Waals surface area contributed by atoms with Crippen molar-refractivity contribution in [2.24, 2.45) is 5.92 Å². The molecule has 1 atom stereocenters. The zero-order valence-corrected chi connectivity index (χ0v) is 11.4. The summed E-state index contributed by atoms with van der Waals surface area (Å²) in [6, 6.07) is 1.77. The van der Waals surface area contributed by atoms with Crippen LogP contribution in [0.2, 0.25) is 0 Å². The molecule has 2 rings (SSSR count). The van der Waals surface area contributed by atoms with E-state index in [9.17, 15) is 13.6 Å². The lowest BCUT2D eigenvalue weighted by Crippen LogP contribution is -2.41. The van der Waals surface area contributed by atoms with E-state index < -0.39 is 17.5 Å². The number of nitrogens with two attached hydrogens (primary N) is 1. The van der Waals surface area contributed by atoms with Crippen LogP contribution in [0.1, 0.15) is 23.2 Å². The van der Waals surface area contributed by atoms with Crippen molar-refractivity contribution in [1.29, 1.82) is 0 Å². The fourth-order valence-electron chi connectivity index (χ4n) is 2.56. The first-order chi connectivity index (χ1) is 9.52. The third kappa shape index (κ3) is 3.07. The standard InChI is InChI=1S/C14H18F2N2O2/c1-20-8-9-3-2-4-18(7-9)14(19)11-5-10(15)6-12(17)13(11)16/h5-6,9H,2-4,7-8,17H2,1H3. The van der Waals surface area contributed by atoms with E-state index in [2.05, 4.69) is 0 Å². The molecule has 1 saturated heterocycles. The Kier molecular flexibility index (Phi) is 4.54. The number of hydrogen-bond acceptors (Lipinski definition) is 3. The van der Waals surface area contributed by atoms with Crippen molar-refractivity contribution in [2.75, 3.05) is 32.5 Å². The van der Waals surface area contributed by atoms with E-state index in [1.807, 2.05) is 0 Å². The minimum Gasteiger partial charge on any atom is -0.396 e. The molecule has 1 aromatic carbocycles. The Morgan fingerprint density at radius 3 is 2.95 bits per heavy atom. The molecule has 4 nitrogen and oxygen atoms in total. The van der Waals surface area contributed by atoms with Crippen LogP contribution in [0.4, 0.5) is 14.5 Å². The smallest absolute Gasteiger partial charge is 0.257 e. The summed E-state index contributed by atoms with van der Waals surface area (Å²) in [6.07, 6.45) is 1.79. The maximum atomic E-state index is 13.9. The lowest BCUT2D eigenvalue weighted by Gasteiger charge is -2.32. The summed E-state index contributed by atoms with van der Waals surface area (Å²) in [5.74, 6) is -1.86. The fraction of sp³-hybridized carbons (Fsp3) is 0.500. The molecule has 1 heterocycles. The third-order valence-electron chi connectivity index (χ3n) is 3.50. The number of nitrogens with zero attached hydrogens (tertiary/aromatic N) is 1. The Morgan fingerprint density at radius 1 is 1.50 bits per heavy atom. The predicted molar refractivity (Wildman–Crippen MR) is 71.3 cm³/mol. The van der Waals surface area contributed by atoms with Crippen LogP contribution in [0.25, 0.3) is 0 Å². The lowest BCUT2D eigenvalue weighted by molar-refractivity contribution is 0.0566. The molecule has 1 aliphatic heterocycles. The number of nitrogen functional groups attached to an aromatic ring is 1. The number of ether oxygens (including phenoxy) is 1. The van der Waals surface area contributed by atoms with E-state index in [0.29, 0.717) is 19.7 Å². The van der Waals surface area contributed by atoms with Crippen LogP contribution in [-0.4, -0.2) is 37.6 Å². The zero-order valence-electron chi connectivity index (χ0n) is 11.4. The van der Waals surface area contributed by atoms with Gasteiger partial charge in [0.2, 0.25) is 0 Å². The van der Waals surface area contributed by atoms with Gasteiger partial charge in [-0.3, -0.25) is 4.79 Å². The maximum Gasteiger partial charge on any atom is 0.257 e. The molecule has 0 aliphatic carbocycles. The zero-order chi connectivity index (χ0) is 14.7. The molecule has 0 bridgehead atoms. The SMILES string of the molecule is COCC1CCCN(C(=O)c2cc(F)cc(N)c2F)C1. The molecule has 0 spiro atoms. The second kappa shape index (κ2) is 6.17. The molecule has 0 saturated carbocycles. The van der Waals surface area contributed by atoms with Gasteiger partial charge in [0.05, 0.1) is 17.9 Å². The molecule has 1 aromatic rings. The fourth-order valence-corrected chi connectivity index (χ4v) is 2.56. The first kappa shape index (κ1) is 14.7. The second-order valence-electron chi connectivity index (χ2n) is 5.07. The highest BCUT2D eigenvalue weighted by Crippen LogP contribution is 2.23. The number of halogens is 2. The van der Waals surface area contributed by atoms with Gasteiger partial charge in [-0.1, -0.05) is 0 Å². The van der Waals surface area contributed by atoms with Crippen LogP contribution in [0, 0.1) is 17.6 Å². The van der Waals surface area contributed by atoms with E-state index in [1.165, 1.54) is 4.90 Å². The van der Waals surface area contributed by atoms with Gasteiger partial charge in [0.1, 0.15) is 5.82 Å². The number of methoxy groups -OCH3 is 1. The number of carbonyl (C=O) groups excluding carboxylic acids is 1. The number of piperidine rings is 1. The largest absolute Gasteiger partial charge is 0.396 e. The van der Waals surface area contributed by atoms with Crippen molar-refractivity contribution in [2.45, 2.75) is 12.8 Å². The summed E-state index contributed by atoms with van der Waals surface area (Å²) in [5.41, 5.74) is 4.70. The summed E-state index contributed by atoms with van der Waals surface area (Å²) in [5, 5.41) is 0. The molecule has 0 aromatic heterocycles. The monoisotopic (exact) mass is 284 g/mol. The molecule has 1 fully saturated rings. The van der Waals surface area contributed by atoms with Crippen molar-refractivity contribution in [3.8, 4) is 0 Å². The summed E-state index contributed by atoms with van der Waals surface area (Å²) in [6.45, 7) is 1.58. The molecule has 2 N–H and O–H groups in total. The number of benzene rings is 1. The van der Waals surface area contributed by atoms with Gasteiger partial charge >= 0.3 is 0 Å². The van der Waals surface area contributed by atoms with E-state index in [4.69, 9.17) is 10.5 Å². The number of amides is 1. The minimum atomic E-state index is -0.856. The molecule has 6 heteroatoms. The average Bonchev–Trinajstić information content (AvgIpc) is 2.43. The quantitative estimate of drug-likeness (QED) is 0.864. The van der Waals surface area contributed by atoms with Gasteiger partial charge in [-0.05, 0) is 30.9 Å². The summed E-state index contributed by atoms with van der Waals surface area (Å²) in [4.78, 5) is 13.8. The maximum absolute atomic E-state index is 13.9. The summed E-state index contributed by atoms with van der Waals surface area (Å²) >= 11 is 0. The summed E-state index contributed by atoms with van der Waals surface area (Å²) < 4.78 is 32.2.